The number of rotatable bonds is 4. The summed E-state index contributed by atoms with van der Waals surface area (Å²) in [5.74, 6) is 2.06. The molecule has 19 heavy (non-hydrogen) atoms. The van der Waals surface area contributed by atoms with Crippen LogP contribution in [0.2, 0.25) is 0 Å². The number of nitrogens with zero attached hydrogens (tertiary/aromatic N) is 1. The first-order valence-corrected chi connectivity index (χ1v) is 8.86. The standard InChI is InChI=1S/C15H26N2OS/c1-4-19-12-7-5-6-11(12)17-13(10(2)3)16-15(8-9-15)14(17)18/h10-13,16H,4-9H2,1-3H3. The van der Waals surface area contributed by atoms with E-state index in [-0.39, 0.29) is 11.7 Å². The van der Waals surface area contributed by atoms with Crippen LogP contribution >= 0.6 is 11.8 Å². The molecule has 1 spiro atoms. The second-order valence-electron chi connectivity index (χ2n) is 6.62. The lowest BCUT2D eigenvalue weighted by Crippen LogP contribution is -2.49. The van der Waals surface area contributed by atoms with E-state index in [0.29, 0.717) is 23.1 Å². The Morgan fingerprint density at radius 2 is 2.16 bits per heavy atom. The van der Waals surface area contributed by atoms with E-state index < -0.39 is 0 Å². The predicted molar refractivity (Wildman–Crippen MR) is 80.1 cm³/mol. The van der Waals surface area contributed by atoms with E-state index in [2.05, 4.69) is 31.0 Å². The average Bonchev–Trinajstić information content (AvgIpc) is 2.92. The molecule has 1 heterocycles. The highest BCUT2D eigenvalue weighted by Gasteiger charge is 2.61. The Morgan fingerprint density at radius 3 is 2.74 bits per heavy atom. The molecule has 1 amide bonds. The second kappa shape index (κ2) is 4.96. The maximum Gasteiger partial charge on any atom is 0.244 e. The van der Waals surface area contributed by atoms with E-state index in [1.54, 1.807) is 0 Å². The van der Waals surface area contributed by atoms with Gasteiger partial charge in [0.1, 0.15) is 0 Å². The van der Waals surface area contributed by atoms with Gasteiger partial charge in [0.25, 0.3) is 0 Å². The van der Waals surface area contributed by atoms with E-state index in [4.69, 9.17) is 0 Å². The Labute approximate surface area is 120 Å². The summed E-state index contributed by atoms with van der Waals surface area (Å²) in [4.78, 5) is 15.0. The van der Waals surface area contributed by atoms with Crippen LogP contribution in [0.3, 0.4) is 0 Å². The van der Waals surface area contributed by atoms with Gasteiger partial charge in [0.05, 0.1) is 11.7 Å². The van der Waals surface area contributed by atoms with Gasteiger partial charge >= 0.3 is 0 Å². The van der Waals surface area contributed by atoms with Crippen molar-refractivity contribution in [2.24, 2.45) is 5.92 Å². The zero-order chi connectivity index (χ0) is 13.6. The van der Waals surface area contributed by atoms with Gasteiger partial charge in [-0.15, -0.1) is 0 Å². The van der Waals surface area contributed by atoms with Gasteiger partial charge in [-0.2, -0.15) is 11.8 Å². The molecule has 0 radical (unpaired) electrons. The zero-order valence-corrected chi connectivity index (χ0v) is 13.1. The first kappa shape index (κ1) is 13.7. The lowest BCUT2D eigenvalue weighted by Gasteiger charge is -2.35. The van der Waals surface area contributed by atoms with Gasteiger partial charge in [0, 0.05) is 11.3 Å². The van der Waals surface area contributed by atoms with Crippen molar-refractivity contribution < 1.29 is 4.79 Å². The number of hydrogen-bond donors (Lipinski definition) is 1. The largest absolute Gasteiger partial charge is 0.321 e. The highest BCUT2D eigenvalue weighted by molar-refractivity contribution is 7.99. The van der Waals surface area contributed by atoms with Crippen molar-refractivity contribution in [2.75, 3.05) is 5.75 Å². The minimum atomic E-state index is -0.154. The molecule has 3 fully saturated rings. The Bertz CT molecular complexity index is 367. The molecule has 3 nitrogen and oxygen atoms in total. The van der Waals surface area contributed by atoms with Crippen LogP contribution in [0.4, 0.5) is 0 Å². The molecule has 108 valence electrons. The molecule has 3 rings (SSSR count). The number of carbonyl (C=O) groups is 1. The van der Waals surface area contributed by atoms with Crippen molar-refractivity contribution in [1.82, 2.24) is 10.2 Å². The van der Waals surface area contributed by atoms with Crippen LogP contribution in [0, 0.1) is 5.92 Å². The summed E-state index contributed by atoms with van der Waals surface area (Å²) < 4.78 is 0. The van der Waals surface area contributed by atoms with Gasteiger partial charge < -0.3 is 4.90 Å². The molecule has 0 bridgehead atoms. The van der Waals surface area contributed by atoms with Crippen LogP contribution in [0.1, 0.15) is 52.9 Å². The Hall–Kier alpha value is -0.220. The van der Waals surface area contributed by atoms with Gasteiger partial charge in [-0.3, -0.25) is 10.1 Å². The molecule has 1 aliphatic heterocycles. The topological polar surface area (TPSA) is 32.3 Å². The maximum absolute atomic E-state index is 12.8. The summed E-state index contributed by atoms with van der Waals surface area (Å²) in [7, 11) is 0. The van der Waals surface area contributed by atoms with Crippen LogP contribution < -0.4 is 5.32 Å². The fourth-order valence-electron chi connectivity index (χ4n) is 3.75. The zero-order valence-electron chi connectivity index (χ0n) is 12.3. The van der Waals surface area contributed by atoms with Gasteiger partial charge in [0.2, 0.25) is 5.91 Å². The molecule has 2 saturated carbocycles. The lowest BCUT2D eigenvalue weighted by molar-refractivity contribution is -0.133. The molecule has 2 aliphatic carbocycles. The van der Waals surface area contributed by atoms with Gasteiger partial charge in [0.15, 0.2) is 0 Å². The summed E-state index contributed by atoms with van der Waals surface area (Å²) in [6, 6.07) is 0.470. The van der Waals surface area contributed by atoms with Crippen LogP contribution in [0.5, 0.6) is 0 Å². The molecular weight excluding hydrogens is 256 g/mol. The number of nitrogens with one attached hydrogen (secondary N) is 1. The van der Waals surface area contributed by atoms with E-state index in [1.807, 2.05) is 11.8 Å². The number of carbonyl (C=O) groups excluding carboxylic acids is 1. The summed E-state index contributed by atoms with van der Waals surface area (Å²) >= 11 is 2.05. The third-order valence-corrected chi connectivity index (χ3v) is 6.22. The lowest BCUT2D eigenvalue weighted by atomic mass is 10.1. The molecule has 0 aromatic carbocycles. The van der Waals surface area contributed by atoms with E-state index in [1.165, 1.54) is 19.3 Å². The van der Waals surface area contributed by atoms with Gasteiger partial charge in [-0.05, 0) is 37.4 Å². The number of amides is 1. The molecule has 3 atom stereocenters. The Kier molecular flexibility index (Phi) is 3.59. The van der Waals surface area contributed by atoms with Crippen molar-refractivity contribution in [1.29, 1.82) is 0 Å². The summed E-state index contributed by atoms with van der Waals surface area (Å²) in [6.45, 7) is 6.69. The summed E-state index contributed by atoms with van der Waals surface area (Å²) in [5, 5.41) is 4.31. The van der Waals surface area contributed by atoms with Crippen LogP contribution in [-0.4, -0.2) is 39.6 Å². The monoisotopic (exact) mass is 282 g/mol. The average molecular weight is 282 g/mol. The predicted octanol–water partition coefficient (Wildman–Crippen LogP) is 2.61. The quantitative estimate of drug-likeness (QED) is 0.860. The van der Waals surface area contributed by atoms with Crippen molar-refractivity contribution in [3.8, 4) is 0 Å². The van der Waals surface area contributed by atoms with Crippen LogP contribution in [0.15, 0.2) is 0 Å². The van der Waals surface area contributed by atoms with E-state index in [0.717, 1.165) is 18.6 Å². The van der Waals surface area contributed by atoms with Crippen molar-refractivity contribution in [3.05, 3.63) is 0 Å². The van der Waals surface area contributed by atoms with Crippen molar-refractivity contribution >= 4 is 17.7 Å². The maximum atomic E-state index is 12.8. The molecule has 1 saturated heterocycles. The van der Waals surface area contributed by atoms with Crippen LogP contribution in [-0.2, 0) is 4.79 Å². The molecular formula is C15H26N2OS. The van der Waals surface area contributed by atoms with Gasteiger partial charge in [-0.25, -0.2) is 0 Å². The molecule has 3 unspecified atom stereocenters. The molecule has 0 aromatic rings. The second-order valence-corrected chi connectivity index (χ2v) is 8.14. The highest BCUT2D eigenvalue weighted by Crippen LogP contribution is 2.46. The molecule has 3 aliphatic rings. The Morgan fingerprint density at radius 1 is 1.42 bits per heavy atom. The summed E-state index contributed by atoms with van der Waals surface area (Å²) in [6.07, 6.45) is 6.12. The molecule has 4 heteroatoms. The molecule has 0 aromatic heterocycles. The number of hydrogen-bond acceptors (Lipinski definition) is 3. The third-order valence-electron chi connectivity index (χ3n) is 4.90. The molecule has 1 N–H and O–H groups in total. The van der Waals surface area contributed by atoms with Gasteiger partial charge in [-0.1, -0.05) is 27.2 Å². The minimum Gasteiger partial charge on any atom is -0.321 e. The van der Waals surface area contributed by atoms with Crippen LogP contribution in [0.25, 0.3) is 0 Å². The first-order valence-electron chi connectivity index (χ1n) is 7.81. The fourth-order valence-corrected chi connectivity index (χ4v) is 5.00. The minimum absolute atomic E-state index is 0.154. The smallest absolute Gasteiger partial charge is 0.244 e. The Balaban J connectivity index is 1.82. The van der Waals surface area contributed by atoms with Crippen molar-refractivity contribution in [2.45, 2.75) is 75.9 Å². The highest BCUT2D eigenvalue weighted by atomic mass is 32.2. The first-order chi connectivity index (χ1) is 9.09. The van der Waals surface area contributed by atoms with E-state index in [9.17, 15) is 4.79 Å². The number of thioether (sulfide) groups is 1. The summed E-state index contributed by atoms with van der Waals surface area (Å²) in [5.41, 5.74) is -0.154. The fraction of sp³-hybridized carbons (Fsp3) is 0.933. The van der Waals surface area contributed by atoms with Crippen molar-refractivity contribution in [3.63, 3.8) is 0 Å². The third kappa shape index (κ3) is 2.21. The normalized spacial score (nSPS) is 36.7. The van der Waals surface area contributed by atoms with E-state index >= 15 is 0 Å². The SMILES string of the molecule is CCSC1CCCC1N1C(=O)C2(CC2)NC1C(C)C.